The van der Waals surface area contributed by atoms with Gasteiger partial charge < -0.3 is 9.26 Å². The maximum absolute atomic E-state index is 13.6. The van der Waals surface area contributed by atoms with E-state index in [4.69, 9.17) is 4.52 Å². The zero-order valence-corrected chi connectivity index (χ0v) is 19.5. The molecule has 2 heterocycles. The summed E-state index contributed by atoms with van der Waals surface area (Å²) in [5.41, 5.74) is -1.80. The van der Waals surface area contributed by atoms with Gasteiger partial charge in [-0.05, 0) is 19.9 Å². The van der Waals surface area contributed by atoms with Crippen LogP contribution in [-0.4, -0.2) is 34.2 Å². The molecule has 1 aromatic carbocycles. The Morgan fingerprint density at radius 3 is 2.15 bits per heavy atom. The molecule has 0 aliphatic heterocycles. The van der Waals surface area contributed by atoms with Crippen LogP contribution < -0.4 is 0 Å². The van der Waals surface area contributed by atoms with Crippen molar-refractivity contribution in [3.05, 3.63) is 78.3 Å². The predicted molar refractivity (Wildman–Crippen MR) is 122 cm³/mol. The zero-order valence-electron chi connectivity index (χ0n) is 19.5. The first kappa shape index (κ1) is 28.3. The van der Waals surface area contributed by atoms with Crippen LogP contribution in [0.1, 0.15) is 43.7 Å². The lowest BCUT2D eigenvalue weighted by Crippen LogP contribution is -2.15. The van der Waals surface area contributed by atoms with Crippen molar-refractivity contribution in [3.8, 4) is 11.3 Å². The van der Waals surface area contributed by atoms with E-state index >= 15 is 0 Å². The number of rotatable bonds is 5. The van der Waals surface area contributed by atoms with Crippen LogP contribution in [0.15, 0.2) is 71.5 Å². The average Bonchev–Trinajstić information content (AvgIpc) is 3.48. The van der Waals surface area contributed by atoms with Crippen molar-refractivity contribution in [1.29, 1.82) is 0 Å². The van der Waals surface area contributed by atoms with E-state index < -0.39 is 35.3 Å². The summed E-state index contributed by atoms with van der Waals surface area (Å²) in [5.74, 6) is -1.30. The first-order valence-electron chi connectivity index (χ1n) is 10.3. The van der Waals surface area contributed by atoms with E-state index in [1.165, 1.54) is 32.1 Å². The Morgan fingerprint density at radius 2 is 1.68 bits per heavy atom. The molecule has 6 nitrogen and oxygen atoms in total. The highest BCUT2D eigenvalue weighted by molar-refractivity contribution is 5.95. The normalized spacial score (nSPS) is 12.3. The third-order valence-corrected chi connectivity index (χ3v) is 3.97. The Labute approximate surface area is 195 Å². The third-order valence-electron chi connectivity index (χ3n) is 3.97. The molecule has 0 radical (unpaired) electrons. The monoisotopic (exact) mass is 481 g/mol. The van der Waals surface area contributed by atoms with E-state index in [1.807, 2.05) is 50.2 Å². The molecule has 0 aliphatic rings. The quantitative estimate of drug-likeness (QED) is 0.227. The lowest BCUT2D eigenvalue weighted by atomic mass is 10.1. The van der Waals surface area contributed by atoms with Gasteiger partial charge in [-0.25, -0.2) is 13.9 Å². The van der Waals surface area contributed by atoms with Crippen LogP contribution in [0.25, 0.3) is 17.0 Å². The van der Waals surface area contributed by atoms with Gasteiger partial charge in [-0.3, -0.25) is 0 Å². The van der Waals surface area contributed by atoms with Crippen molar-refractivity contribution in [2.75, 3.05) is 7.11 Å². The second-order valence-corrected chi connectivity index (χ2v) is 6.40. The van der Waals surface area contributed by atoms with Gasteiger partial charge in [0.25, 0.3) is 0 Å². The summed E-state index contributed by atoms with van der Waals surface area (Å²) >= 11 is 0. The van der Waals surface area contributed by atoms with E-state index in [0.717, 1.165) is 19.5 Å². The van der Waals surface area contributed by atoms with Gasteiger partial charge in [-0.2, -0.15) is 18.3 Å². The van der Waals surface area contributed by atoms with E-state index in [0.29, 0.717) is 4.68 Å². The van der Waals surface area contributed by atoms with Gasteiger partial charge >= 0.3 is 12.1 Å². The highest BCUT2D eigenvalue weighted by atomic mass is 19.4. The number of esters is 1. The Hall–Kier alpha value is -3.69. The number of benzene rings is 1. The van der Waals surface area contributed by atoms with Crippen molar-refractivity contribution >= 4 is 11.7 Å². The molecular weight excluding hydrogens is 454 g/mol. The standard InChI is InChI=1S/C16H15F4N3O3.C6H6.C2H6/c1-9(17)5-4-6-10(2)23-14(16(18,19)20)11(7-21-23)13-12(8-22-26-13)15(24)25-3;1-2-4-6-5-3-1;1-2/h4-9H,1-3H3;1-6H;1-2H3/b5-4-,10-6+;;. The zero-order chi connectivity index (χ0) is 25.7. The molecule has 1 atom stereocenters. The molecule has 0 N–H and O–H groups in total. The van der Waals surface area contributed by atoms with E-state index in [1.54, 1.807) is 0 Å². The Kier molecular flexibility index (Phi) is 11.5. The average molecular weight is 481 g/mol. The molecule has 34 heavy (non-hydrogen) atoms. The number of methoxy groups -OCH3 is 1. The van der Waals surface area contributed by atoms with Crippen LogP contribution in [0.3, 0.4) is 0 Å². The fourth-order valence-corrected chi connectivity index (χ4v) is 2.55. The predicted octanol–water partition coefficient (Wildman–Crippen LogP) is 6.83. The maximum Gasteiger partial charge on any atom is 0.434 e. The maximum atomic E-state index is 13.6. The molecule has 0 spiro atoms. The summed E-state index contributed by atoms with van der Waals surface area (Å²) in [5, 5.41) is 7.09. The van der Waals surface area contributed by atoms with Crippen LogP contribution in [0.4, 0.5) is 17.6 Å². The second kappa shape index (κ2) is 13.8. The topological polar surface area (TPSA) is 70.2 Å². The summed E-state index contributed by atoms with van der Waals surface area (Å²) in [6.07, 6.45) is -0.433. The molecule has 1 unspecified atom stereocenters. The minimum Gasteiger partial charge on any atom is -0.465 e. The van der Waals surface area contributed by atoms with Gasteiger partial charge in [-0.1, -0.05) is 67.6 Å². The number of allylic oxidation sites excluding steroid dienone is 4. The minimum atomic E-state index is -4.81. The van der Waals surface area contributed by atoms with Crippen LogP contribution in [0.2, 0.25) is 0 Å². The number of aromatic nitrogens is 3. The summed E-state index contributed by atoms with van der Waals surface area (Å²) in [6.45, 7) is 6.66. The van der Waals surface area contributed by atoms with Crippen molar-refractivity contribution in [1.82, 2.24) is 14.9 Å². The first-order valence-corrected chi connectivity index (χ1v) is 10.3. The van der Waals surface area contributed by atoms with Crippen LogP contribution in [0.5, 0.6) is 0 Å². The molecule has 3 aromatic rings. The molecular formula is C24H27F4N3O3. The first-order chi connectivity index (χ1) is 16.2. The smallest absolute Gasteiger partial charge is 0.434 e. The highest BCUT2D eigenvalue weighted by Gasteiger charge is 2.41. The number of carbonyl (C=O) groups is 1. The molecule has 0 saturated heterocycles. The second-order valence-electron chi connectivity index (χ2n) is 6.40. The largest absolute Gasteiger partial charge is 0.465 e. The number of alkyl halides is 4. The molecule has 0 aliphatic carbocycles. The Bertz CT molecular complexity index is 1040. The summed E-state index contributed by atoms with van der Waals surface area (Å²) in [4.78, 5) is 11.7. The lowest BCUT2D eigenvalue weighted by molar-refractivity contribution is -0.142. The molecule has 0 saturated carbocycles. The summed E-state index contributed by atoms with van der Waals surface area (Å²) in [6, 6.07) is 12.0. The number of hydrogen-bond donors (Lipinski definition) is 0. The van der Waals surface area contributed by atoms with Crippen molar-refractivity contribution in [2.45, 2.75) is 40.0 Å². The Morgan fingerprint density at radius 1 is 1.12 bits per heavy atom. The fraction of sp³-hybridized carbons (Fsp3) is 0.292. The van der Waals surface area contributed by atoms with Crippen molar-refractivity contribution in [3.63, 3.8) is 0 Å². The van der Waals surface area contributed by atoms with E-state index in [-0.39, 0.29) is 11.3 Å². The number of hydrogen-bond acceptors (Lipinski definition) is 5. The van der Waals surface area contributed by atoms with Gasteiger partial charge in [0.1, 0.15) is 11.7 Å². The minimum absolute atomic E-state index is 0.0830. The van der Waals surface area contributed by atoms with Crippen molar-refractivity contribution in [2.24, 2.45) is 0 Å². The van der Waals surface area contributed by atoms with Crippen molar-refractivity contribution < 1.29 is 31.6 Å². The summed E-state index contributed by atoms with van der Waals surface area (Å²) < 4.78 is 63.6. The molecule has 0 bridgehead atoms. The van der Waals surface area contributed by atoms with Crippen LogP contribution in [0, 0.1) is 0 Å². The fourth-order valence-electron chi connectivity index (χ4n) is 2.55. The lowest BCUT2D eigenvalue weighted by Gasteiger charge is -2.12. The Balaban J connectivity index is 0.000000615. The van der Waals surface area contributed by atoms with E-state index in [9.17, 15) is 22.4 Å². The summed E-state index contributed by atoms with van der Waals surface area (Å²) in [7, 11) is 1.08. The van der Waals surface area contributed by atoms with Gasteiger partial charge in [0, 0.05) is 5.70 Å². The number of ether oxygens (including phenoxy) is 1. The molecule has 10 heteroatoms. The van der Waals surface area contributed by atoms with Crippen LogP contribution in [-0.2, 0) is 10.9 Å². The number of carbonyl (C=O) groups excluding carboxylic acids is 1. The molecule has 184 valence electrons. The molecule has 3 rings (SSSR count). The van der Waals surface area contributed by atoms with Gasteiger partial charge in [0.15, 0.2) is 11.5 Å². The van der Waals surface area contributed by atoms with Gasteiger partial charge in [0.05, 0.1) is 25.1 Å². The molecule has 2 aromatic heterocycles. The number of nitrogens with zero attached hydrogens (tertiary/aromatic N) is 3. The SMILES string of the molecule is CC.COC(=O)c1cnoc1-c1cnn(/C(C)=C/C=C\C(C)F)c1C(F)(F)F.c1ccccc1. The number of halogens is 4. The van der Waals surface area contributed by atoms with Gasteiger partial charge in [-0.15, -0.1) is 0 Å². The van der Waals surface area contributed by atoms with Crippen LogP contribution >= 0.6 is 0 Å². The van der Waals surface area contributed by atoms with E-state index in [2.05, 4.69) is 15.0 Å². The third kappa shape index (κ3) is 8.02. The highest BCUT2D eigenvalue weighted by Crippen LogP contribution is 2.39. The molecule has 0 amide bonds. The van der Waals surface area contributed by atoms with Gasteiger partial charge in [0.2, 0.25) is 0 Å². The molecule has 0 fully saturated rings.